The van der Waals surface area contributed by atoms with Gasteiger partial charge >= 0.3 is 0 Å². The third-order valence-electron chi connectivity index (χ3n) is 5.35. The number of rotatable bonds is 9. The van der Waals surface area contributed by atoms with E-state index >= 15 is 0 Å². The van der Waals surface area contributed by atoms with Crippen LogP contribution in [0.2, 0.25) is 5.02 Å². The zero-order chi connectivity index (χ0) is 22.1. The molecule has 2 aromatic rings. The first kappa shape index (κ1) is 26.5. The number of methoxy groups -OCH3 is 2. The number of nitrogens with zero attached hydrogens (tertiary/aromatic N) is 2. The maximum absolute atomic E-state index is 6.48. The van der Waals surface area contributed by atoms with Crippen LogP contribution in [-0.4, -0.2) is 64.5 Å². The maximum Gasteiger partial charge on any atom is 0.188 e. The third kappa shape index (κ3) is 7.40. The van der Waals surface area contributed by atoms with Gasteiger partial charge in [0.1, 0.15) is 0 Å². The van der Waals surface area contributed by atoms with Crippen LogP contribution < -0.4 is 20.5 Å². The Balaban J connectivity index is 0.00000363. The Labute approximate surface area is 212 Å². The molecule has 0 saturated carbocycles. The lowest BCUT2D eigenvalue weighted by Crippen LogP contribution is -2.41. The van der Waals surface area contributed by atoms with Gasteiger partial charge in [0.25, 0.3) is 0 Å². The molecular weight excluding hydrogens is 543 g/mol. The van der Waals surface area contributed by atoms with Crippen molar-refractivity contribution < 1.29 is 14.2 Å². The van der Waals surface area contributed by atoms with E-state index in [-0.39, 0.29) is 30.0 Å². The molecule has 0 aliphatic carbocycles. The number of aliphatic imine (C=N–C) groups is 1. The average molecular weight is 575 g/mol. The Bertz CT molecular complexity index is 878. The number of halogens is 2. The summed E-state index contributed by atoms with van der Waals surface area (Å²) in [4.78, 5) is 6.96. The number of nitrogens with one attached hydrogen (secondary N) is 1. The summed E-state index contributed by atoms with van der Waals surface area (Å²) in [6, 6.07) is 13.9. The summed E-state index contributed by atoms with van der Waals surface area (Å²) >= 11 is 6.48. The summed E-state index contributed by atoms with van der Waals surface area (Å²) in [7, 11) is 3.26. The van der Waals surface area contributed by atoms with Crippen LogP contribution in [0, 0.1) is 0 Å². The molecule has 7 nitrogen and oxygen atoms in total. The molecular formula is C23H32ClIN4O3. The predicted molar refractivity (Wildman–Crippen MR) is 140 cm³/mol. The van der Waals surface area contributed by atoms with Crippen LogP contribution in [0.5, 0.6) is 11.5 Å². The highest BCUT2D eigenvalue weighted by molar-refractivity contribution is 14.0. The second kappa shape index (κ2) is 13.7. The van der Waals surface area contributed by atoms with E-state index in [1.807, 2.05) is 36.4 Å². The normalized spacial score (nSPS) is 15.5. The highest BCUT2D eigenvalue weighted by Gasteiger charge is 2.24. The highest BCUT2D eigenvalue weighted by atomic mass is 127. The van der Waals surface area contributed by atoms with E-state index in [9.17, 15) is 0 Å². The Morgan fingerprint density at radius 3 is 2.56 bits per heavy atom. The molecule has 0 radical (unpaired) electrons. The second-order valence-electron chi connectivity index (χ2n) is 7.28. The Morgan fingerprint density at radius 1 is 1.16 bits per heavy atom. The summed E-state index contributed by atoms with van der Waals surface area (Å²) in [5.74, 6) is 1.86. The van der Waals surface area contributed by atoms with Crippen LogP contribution in [0.3, 0.4) is 0 Å². The summed E-state index contributed by atoms with van der Waals surface area (Å²) < 4.78 is 16.1. The van der Waals surface area contributed by atoms with Gasteiger partial charge in [-0.15, -0.1) is 24.0 Å². The van der Waals surface area contributed by atoms with Gasteiger partial charge in [-0.05, 0) is 35.7 Å². The van der Waals surface area contributed by atoms with Gasteiger partial charge in [0, 0.05) is 24.7 Å². The molecule has 32 heavy (non-hydrogen) atoms. The first-order chi connectivity index (χ1) is 15.1. The van der Waals surface area contributed by atoms with Gasteiger partial charge in [-0.2, -0.15) is 0 Å². The lowest BCUT2D eigenvalue weighted by molar-refractivity contribution is 0.0180. The first-order valence-electron chi connectivity index (χ1n) is 10.4. The van der Waals surface area contributed by atoms with Crippen LogP contribution >= 0.6 is 35.6 Å². The van der Waals surface area contributed by atoms with E-state index in [4.69, 9.17) is 31.5 Å². The van der Waals surface area contributed by atoms with E-state index in [1.165, 1.54) is 0 Å². The van der Waals surface area contributed by atoms with Gasteiger partial charge in [0.15, 0.2) is 17.5 Å². The van der Waals surface area contributed by atoms with Gasteiger partial charge in [-0.3, -0.25) is 9.89 Å². The summed E-state index contributed by atoms with van der Waals surface area (Å²) in [5.41, 5.74) is 8.34. The zero-order valence-electron chi connectivity index (χ0n) is 18.6. The van der Waals surface area contributed by atoms with Crippen molar-refractivity contribution in [3.63, 3.8) is 0 Å². The molecule has 1 saturated heterocycles. The van der Waals surface area contributed by atoms with Crippen molar-refractivity contribution in [3.05, 3.63) is 58.6 Å². The molecule has 0 spiro atoms. The average Bonchev–Trinajstić information content (AvgIpc) is 2.81. The number of morpholine rings is 1. The Hall–Kier alpha value is -1.75. The molecule has 3 N–H and O–H groups in total. The zero-order valence-corrected chi connectivity index (χ0v) is 21.6. The fourth-order valence-corrected chi connectivity index (χ4v) is 3.92. The minimum absolute atomic E-state index is 0. The summed E-state index contributed by atoms with van der Waals surface area (Å²) in [5, 5.41) is 3.95. The third-order valence-corrected chi connectivity index (χ3v) is 5.70. The standard InChI is InChI=1S/C23H31ClN4O3.HI/c1-29-21-8-7-17(15-22(21)30-2)9-10-26-23(25)27-16-20(28-11-13-31-14-12-28)18-5-3-4-6-19(18)24;/h3-8,15,20H,9-14,16H2,1-2H3,(H3,25,26,27);1H. The van der Waals surface area contributed by atoms with Gasteiger partial charge in [0.05, 0.1) is 40.0 Å². The van der Waals surface area contributed by atoms with Gasteiger partial charge in [-0.25, -0.2) is 0 Å². The fraction of sp³-hybridized carbons (Fsp3) is 0.435. The van der Waals surface area contributed by atoms with E-state index in [0.29, 0.717) is 38.0 Å². The van der Waals surface area contributed by atoms with Crippen LogP contribution in [0.4, 0.5) is 0 Å². The minimum atomic E-state index is 0. The van der Waals surface area contributed by atoms with Crippen molar-refractivity contribution in [1.82, 2.24) is 10.2 Å². The molecule has 1 heterocycles. The van der Waals surface area contributed by atoms with Crippen molar-refractivity contribution in [2.45, 2.75) is 12.5 Å². The highest BCUT2D eigenvalue weighted by Crippen LogP contribution is 2.29. The molecule has 1 aliphatic rings. The van der Waals surface area contributed by atoms with Crippen LogP contribution in [-0.2, 0) is 11.2 Å². The van der Waals surface area contributed by atoms with E-state index in [0.717, 1.165) is 41.4 Å². The van der Waals surface area contributed by atoms with Crippen molar-refractivity contribution in [1.29, 1.82) is 0 Å². The molecule has 0 amide bonds. The fourth-order valence-electron chi connectivity index (χ4n) is 3.66. The van der Waals surface area contributed by atoms with E-state index in [1.54, 1.807) is 14.2 Å². The molecule has 176 valence electrons. The molecule has 0 bridgehead atoms. The molecule has 1 atom stereocenters. The smallest absolute Gasteiger partial charge is 0.188 e. The molecule has 3 rings (SSSR count). The maximum atomic E-state index is 6.48. The number of hydrogen-bond acceptors (Lipinski definition) is 5. The quantitative estimate of drug-likeness (QED) is 0.271. The van der Waals surface area contributed by atoms with Crippen molar-refractivity contribution in [2.24, 2.45) is 10.7 Å². The molecule has 1 unspecified atom stereocenters. The van der Waals surface area contributed by atoms with Crippen LogP contribution in [0.1, 0.15) is 17.2 Å². The largest absolute Gasteiger partial charge is 0.493 e. The number of ether oxygens (including phenoxy) is 3. The first-order valence-corrected chi connectivity index (χ1v) is 10.8. The van der Waals surface area contributed by atoms with Crippen LogP contribution in [0.25, 0.3) is 0 Å². The lowest BCUT2D eigenvalue weighted by atomic mass is 10.0. The van der Waals surface area contributed by atoms with Crippen molar-refractivity contribution >= 4 is 41.5 Å². The van der Waals surface area contributed by atoms with Crippen LogP contribution in [0.15, 0.2) is 47.5 Å². The molecule has 2 aromatic carbocycles. The van der Waals surface area contributed by atoms with Gasteiger partial charge in [0.2, 0.25) is 0 Å². The summed E-state index contributed by atoms with van der Waals surface area (Å²) in [6.45, 7) is 4.31. The second-order valence-corrected chi connectivity index (χ2v) is 7.68. The number of guanidine groups is 1. The van der Waals surface area contributed by atoms with E-state index in [2.05, 4.69) is 21.3 Å². The topological polar surface area (TPSA) is 81.3 Å². The van der Waals surface area contributed by atoms with Gasteiger partial charge < -0.3 is 25.3 Å². The van der Waals surface area contributed by atoms with Crippen molar-refractivity contribution in [2.75, 3.05) is 53.6 Å². The lowest BCUT2D eigenvalue weighted by Gasteiger charge is -2.34. The monoisotopic (exact) mass is 574 g/mol. The number of hydrogen-bond donors (Lipinski definition) is 2. The molecule has 1 fully saturated rings. The molecule has 1 aliphatic heterocycles. The SMILES string of the molecule is COc1ccc(CCNC(N)=NCC(c2ccccc2Cl)N2CCOCC2)cc1OC.I. The summed E-state index contributed by atoms with van der Waals surface area (Å²) in [6.07, 6.45) is 0.786. The molecule has 0 aromatic heterocycles. The Morgan fingerprint density at radius 2 is 1.88 bits per heavy atom. The van der Waals surface area contributed by atoms with Gasteiger partial charge in [-0.1, -0.05) is 35.9 Å². The minimum Gasteiger partial charge on any atom is -0.493 e. The van der Waals surface area contributed by atoms with Crippen molar-refractivity contribution in [3.8, 4) is 11.5 Å². The Kier molecular flexibility index (Phi) is 11.4. The number of benzene rings is 2. The molecule has 9 heteroatoms. The number of nitrogens with two attached hydrogens (primary N) is 1. The predicted octanol–water partition coefficient (Wildman–Crippen LogP) is 3.50. The van der Waals surface area contributed by atoms with E-state index < -0.39 is 0 Å².